The molecule has 2 aliphatic rings. The van der Waals surface area contributed by atoms with Gasteiger partial charge in [-0.1, -0.05) is 6.92 Å². The molecule has 1 aromatic rings. The summed E-state index contributed by atoms with van der Waals surface area (Å²) in [6.45, 7) is 4.71. The molecular formula is C15H24N2O. The third-order valence-corrected chi connectivity index (χ3v) is 5.06. The zero-order valence-corrected chi connectivity index (χ0v) is 11.5. The first-order valence-electron chi connectivity index (χ1n) is 7.31. The molecule has 0 amide bonds. The third kappa shape index (κ3) is 2.09. The van der Waals surface area contributed by atoms with Gasteiger partial charge in [-0.05, 0) is 62.3 Å². The summed E-state index contributed by atoms with van der Waals surface area (Å²) in [4.78, 5) is 0. The number of aromatic nitrogens is 2. The van der Waals surface area contributed by atoms with E-state index < -0.39 is 0 Å². The van der Waals surface area contributed by atoms with E-state index >= 15 is 0 Å². The summed E-state index contributed by atoms with van der Waals surface area (Å²) in [5, 5.41) is 14.4. The van der Waals surface area contributed by atoms with Crippen molar-refractivity contribution in [1.82, 2.24) is 9.78 Å². The number of aliphatic hydroxyl groups is 1. The molecule has 18 heavy (non-hydrogen) atoms. The molecule has 3 nitrogen and oxygen atoms in total. The van der Waals surface area contributed by atoms with Crippen LogP contribution in [0.1, 0.15) is 51.3 Å². The van der Waals surface area contributed by atoms with Crippen LogP contribution in [-0.2, 0) is 6.42 Å². The van der Waals surface area contributed by atoms with Crippen molar-refractivity contribution in [2.75, 3.05) is 6.61 Å². The van der Waals surface area contributed by atoms with Gasteiger partial charge in [0.15, 0.2) is 0 Å². The summed E-state index contributed by atoms with van der Waals surface area (Å²) in [6, 6.07) is 2.61. The van der Waals surface area contributed by atoms with Crippen molar-refractivity contribution in [3.63, 3.8) is 0 Å². The molecule has 3 atom stereocenters. The zero-order valence-electron chi connectivity index (χ0n) is 11.5. The van der Waals surface area contributed by atoms with Crippen molar-refractivity contribution in [2.45, 2.75) is 52.0 Å². The van der Waals surface area contributed by atoms with E-state index in [1.54, 1.807) is 0 Å². The Labute approximate surface area is 109 Å². The Morgan fingerprint density at radius 3 is 2.83 bits per heavy atom. The van der Waals surface area contributed by atoms with Crippen molar-refractivity contribution >= 4 is 0 Å². The van der Waals surface area contributed by atoms with Crippen molar-refractivity contribution in [3.8, 4) is 0 Å². The lowest BCUT2D eigenvalue weighted by atomic mass is 9.79. The van der Waals surface area contributed by atoms with Crippen LogP contribution >= 0.6 is 0 Å². The van der Waals surface area contributed by atoms with Crippen molar-refractivity contribution in [1.29, 1.82) is 0 Å². The largest absolute Gasteiger partial charge is 0.396 e. The molecule has 2 fully saturated rings. The average molecular weight is 248 g/mol. The van der Waals surface area contributed by atoms with E-state index in [4.69, 9.17) is 0 Å². The molecule has 3 unspecified atom stereocenters. The highest BCUT2D eigenvalue weighted by molar-refractivity contribution is 5.10. The normalized spacial score (nSPS) is 35.5. The first-order chi connectivity index (χ1) is 8.65. The quantitative estimate of drug-likeness (QED) is 0.870. The molecule has 2 aliphatic carbocycles. The van der Waals surface area contributed by atoms with E-state index in [9.17, 15) is 5.11 Å². The minimum Gasteiger partial charge on any atom is -0.396 e. The van der Waals surface area contributed by atoms with Gasteiger partial charge in [0.1, 0.15) is 0 Å². The van der Waals surface area contributed by atoms with Gasteiger partial charge in [0.2, 0.25) is 0 Å². The van der Waals surface area contributed by atoms with Crippen LogP contribution in [0.25, 0.3) is 0 Å². The molecule has 0 radical (unpaired) electrons. The van der Waals surface area contributed by atoms with Crippen molar-refractivity contribution in [3.05, 3.63) is 18.0 Å². The second kappa shape index (κ2) is 4.37. The fraction of sp³-hybridized carbons (Fsp3) is 0.800. The van der Waals surface area contributed by atoms with Gasteiger partial charge in [-0.3, -0.25) is 4.68 Å². The molecule has 0 saturated heterocycles. The summed E-state index contributed by atoms with van der Waals surface area (Å²) in [7, 11) is 0. The van der Waals surface area contributed by atoms with Crippen LogP contribution in [-0.4, -0.2) is 21.5 Å². The van der Waals surface area contributed by atoms with Crippen LogP contribution in [0.15, 0.2) is 12.3 Å². The van der Waals surface area contributed by atoms with Gasteiger partial charge >= 0.3 is 0 Å². The molecule has 1 N–H and O–H groups in total. The Hall–Kier alpha value is -0.830. The van der Waals surface area contributed by atoms with Crippen LogP contribution in [0.3, 0.4) is 0 Å². The Morgan fingerprint density at radius 1 is 1.50 bits per heavy atom. The summed E-state index contributed by atoms with van der Waals surface area (Å²) >= 11 is 0. The molecule has 0 aliphatic heterocycles. The first-order valence-corrected chi connectivity index (χ1v) is 7.31. The summed E-state index contributed by atoms with van der Waals surface area (Å²) < 4.78 is 2.07. The molecule has 2 saturated carbocycles. The first kappa shape index (κ1) is 12.2. The fourth-order valence-electron chi connectivity index (χ4n) is 3.62. The number of hydrogen-bond acceptors (Lipinski definition) is 2. The van der Waals surface area contributed by atoms with Gasteiger partial charge in [-0.2, -0.15) is 5.10 Å². The van der Waals surface area contributed by atoms with Crippen molar-refractivity contribution < 1.29 is 5.11 Å². The molecule has 1 heterocycles. The summed E-state index contributed by atoms with van der Waals surface area (Å²) in [5.74, 6) is 1.82. The average Bonchev–Trinajstić information content (AvgIpc) is 2.81. The third-order valence-electron chi connectivity index (χ3n) is 5.06. The Kier molecular flexibility index (Phi) is 2.97. The highest BCUT2D eigenvalue weighted by Crippen LogP contribution is 2.60. The summed E-state index contributed by atoms with van der Waals surface area (Å²) in [5.41, 5.74) is 1.30. The molecule has 0 bridgehead atoms. The maximum Gasteiger partial charge on any atom is 0.0631 e. The van der Waals surface area contributed by atoms with E-state index in [0.29, 0.717) is 12.6 Å². The number of rotatable bonds is 5. The van der Waals surface area contributed by atoms with Gasteiger partial charge in [0.05, 0.1) is 5.69 Å². The van der Waals surface area contributed by atoms with Crippen molar-refractivity contribution in [2.24, 2.45) is 17.3 Å². The van der Waals surface area contributed by atoms with Gasteiger partial charge in [0.25, 0.3) is 0 Å². The molecule has 0 aromatic carbocycles. The lowest BCUT2D eigenvalue weighted by molar-refractivity contribution is 0.116. The van der Waals surface area contributed by atoms with Gasteiger partial charge < -0.3 is 5.11 Å². The molecule has 100 valence electrons. The predicted octanol–water partition coefficient (Wildman–Crippen LogP) is 2.81. The Morgan fingerprint density at radius 2 is 2.22 bits per heavy atom. The Balaban J connectivity index is 1.69. The standard InChI is InChI=1S/C15H24N2O/c1-3-11(2)17-5-4-14(16-17)9-15(10-18)7-12-6-13(12)8-15/h4-5,11-13,18H,3,6-10H2,1-2H3. The number of fused-ring (bicyclic) bond motifs is 1. The maximum atomic E-state index is 9.74. The number of nitrogens with zero attached hydrogens (tertiary/aromatic N) is 2. The van der Waals surface area contributed by atoms with E-state index in [1.165, 1.54) is 19.3 Å². The van der Waals surface area contributed by atoms with Crippen LogP contribution in [0.5, 0.6) is 0 Å². The second-order valence-corrected chi connectivity index (χ2v) is 6.54. The predicted molar refractivity (Wildman–Crippen MR) is 71.3 cm³/mol. The summed E-state index contributed by atoms with van der Waals surface area (Å²) in [6.07, 6.45) is 7.98. The van der Waals surface area contributed by atoms with Crippen LogP contribution in [0.2, 0.25) is 0 Å². The minimum atomic E-state index is 0.141. The highest BCUT2D eigenvalue weighted by Gasteiger charge is 2.53. The van der Waals surface area contributed by atoms with E-state index in [1.807, 2.05) is 0 Å². The minimum absolute atomic E-state index is 0.141. The monoisotopic (exact) mass is 248 g/mol. The van der Waals surface area contributed by atoms with Crippen LogP contribution in [0, 0.1) is 17.3 Å². The van der Waals surface area contributed by atoms with E-state index in [0.717, 1.165) is 30.4 Å². The fourth-order valence-corrected chi connectivity index (χ4v) is 3.62. The van der Waals surface area contributed by atoms with Crippen LogP contribution in [0.4, 0.5) is 0 Å². The highest BCUT2D eigenvalue weighted by atomic mass is 16.3. The van der Waals surface area contributed by atoms with Gasteiger partial charge in [-0.25, -0.2) is 0 Å². The molecule has 3 heteroatoms. The van der Waals surface area contributed by atoms with Crippen LogP contribution < -0.4 is 0 Å². The topological polar surface area (TPSA) is 38.0 Å². The lowest BCUT2D eigenvalue weighted by Gasteiger charge is -2.27. The molecule has 1 aromatic heterocycles. The molecular weight excluding hydrogens is 224 g/mol. The van der Waals surface area contributed by atoms with Gasteiger partial charge in [-0.15, -0.1) is 0 Å². The maximum absolute atomic E-state index is 9.74. The smallest absolute Gasteiger partial charge is 0.0631 e. The van der Waals surface area contributed by atoms with Gasteiger partial charge in [0, 0.05) is 18.8 Å². The van der Waals surface area contributed by atoms with E-state index in [2.05, 4.69) is 35.9 Å². The zero-order chi connectivity index (χ0) is 12.8. The molecule has 0 spiro atoms. The van der Waals surface area contributed by atoms with E-state index in [-0.39, 0.29) is 5.41 Å². The number of hydrogen-bond donors (Lipinski definition) is 1. The number of aliphatic hydroxyl groups excluding tert-OH is 1. The lowest BCUT2D eigenvalue weighted by Crippen LogP contribution is -2.26. The molecule has 3 rings (SSSR count). The SMILES string of the molecule is CCC(C)n1ccc(CC2(CO)CC3CC3C2)n1. The second-order valence-electron chi connectivity index (χ2n) is 6.54. The Bertz CT molecular complexity index is 416.